The summed E-state index contributed by atoms with van der Waals surface area (Å²) in [5.74, 6) is 0.632. The second-order valence-electron chi connectivity index (χ2n) is 5.44. The maximum absolute atomic E-state index is 11.2. The van der Waals surface area contributed by atoms with Crippen LogP contribution in [0.5, 0.6) is 0 Å². The van der Waals surface area contributed by atoms with Gasteiger partial charge in [0.05, 0.1) is 0 Å². The fourth-order valence-electron chi connectivity index (χ4n) is 3.09. The molecule has 1 amide bonds. The Kier molecular flexibility index (Phi) is 4.40. The molecule has 0 spiro atoms. The van der Waals surface area contributed by atoms with E-state index in [-0.39, 0.29) is 11.8 Å². The molecule has 1 aliphatic rings. The van der Waals surface area contributed by atoms with Gasteiger partial charge in [0.2, 0.25) is 5.91 Å². The van der Waals surface area contributed by atoms with E-state index in [0.29, 0.717) is 12.0 Å². The van der Waals surface area contributed by atoms with Crippen LogP contribution in [-0.2, 0) is 4.79 Å². The standard InChI is InChI=1S/C14H22N2OS/c1-16(2)13(12-4-3-9-18-12)10-5-7-11(8-6-10)14(15)17/h3-4,9-11,13H,5-8H2,1-2H3,(H2,15,17). The van der Waals surface area contributed by atoms with E-state index in [0.717, 1.165) is 25.7 Å². The molecule has 0 saturated heterocycles. The van der Waals surface area contributed by atoms with Gasteiger partial charge >= 0.3 is 0 Å². The maximum Gasteiger partial charge on any atom is 0.220 e. The van der Waals surface area contributed by atoms with Gasteiger partial charge in [-0.2, -0.15) is 0 Å². The van der Waals surface area contributed by atoms with Crippen molar-refractivity contribution in [3.05, 3.63) is 22.4 Å². The summed E-state index contributed by atoms with van der Waals surface area (Å²) < 4.78 is 0. The average Bonchev–Trinajstić information content (AvgIpc) is 2.83. The highest BCUT2D eigenvalue weighted by Gasteiger charge is 2.32. The highest BCUT2D eigenvalue weighted by molar-refractivity contribution is 7.10. The number of nitrogens with zero attached hydrogens (tertiary/aromatic N) is 1. The molecular weight excluding hydrogens is 244 g/mol. The topological polar surface area (TPSA) is 46.3 Å². The van der Waals surface area contributed by atoms with Gasteiger partial charge in [0, 0.05) is 16.8 Å². The molecule has 3 nitrogen and oxygen atoms in total. The molecule has 18 heavy (non-hydrogen) atoms. The molecule has 1 unspecified atom stereocenters. The Morgan fingerprint density at radius 2 is 2.06 bits per heavy atom. The van der Waals surface area contributed by atoms with Gasteiger partial charge in [-0.25, -0.2) is 0 Å². The number of amides is 1. The van der Waals surface area contributed by atoms with Crippen molar-refractivity contribution in [3.8, 4) is 0 Å². The third kappa shape index (κ3) is 2.93. The highest BCUT2D eigenvalue weighted by Crippen LogP contribution is 2.40. The number of carbonyl (C=O) groups is 1. The predicted molar refractivity (Wildman–Crippen MR) is 75.4 cm³/mol. The van der Waals surface area contributed by atoms with Crippen molar-refractivity contribution in [2.75, 3.05) is 14.1 Å². The third-order valence-electron chi connectivity index (χ3n) is 4.01. The lowest BCUT2D eigenvalue weighted by Gasteiger charge is -2.36. The second kappa shape index (κ2) is 5.85. The first kappa shape index (κ1) is 13.6. The molecular formula is C14H22N2OS. The SMILES string of the molecule is CN(C)C(c1cccs1)C1CCC(C(N)=O)CC1. The zero-order valence-electron chi connectivity index (χ0n) is 11.1. The molecule has 4 heteroatoms. The van der Waals surface area contributed by atoms with Gasteiger partial charge in [0.25, 0.3) is 0 Å². The van der Waals surface area contributed by atoms with E-state index in [1.807, 2.05) is 11.3 Å². The minimum Gasteiger partial charge on any atom is -0.369 e. The average molecular weight is 266 g/mol. The quantitative estimate of drug-likeness (QED) is 0.910. The Labute approximate surface area is 113 Å². The van der Waals surface area contributed by atoms with Crippen molar-refractivity contribution in [1.29, 1.82) is 0 Å². The minimum absolute atomic E-state index is 0.104. The Morgan fingerprint density at radius 1 is 1.39 bits per heavy atom. The lowest BCUT2D eigenvalue weighted by Crippen LogP contribution is -2.33. The molecule has 1 atom stereocenters. The molecule has 100 valence electrons. The zero-order valence-corrected chi connectivity index (χ0v) is 12.0. The second-order valence-corrected chi connectivity index (χ2v) is 6.42. The number of nitrogens with two attached hydrogens (primary N) is 1. The first-order valence-corrected chi connectivity index (χ1v) is 7.46. The van der Waals surface area contributed by atoms with Crippen molar-refractivity contribution in [2.24, 2.45) is 17.6 Å². The molecule has 0 aliphatic heterocycles. The Morgan fingerprint density at radius 3 is 2.50 bits per heavy atom. The molecule has 1 aromatic rings. The summed E-state index contributed by atoms with van der Waals surface area (Å²) in [5, 5.41) is 2.14. The lowest BCUT2D eigenvalue weighted by molar-refractivity contribution is -0.123. The Hall–Kier alpha value is -0.870. The van der Waals surface area contributed by atoms with Gasteiger partial charge in [-0.3, -0.25) is 4.79 Å². The van der Waals surface area contributed by atoms with Crippen molar-refractivity contribution >= 4 is 17.2 Å². The molecule has 1 saturated carbocycles. The Balaban J connectivity index is 2.04. The molecule has 0 bridgehead atoms. The molecule has 0 radical (unpaired) electrons. The molecule has 0 aromatic carbocycles. The van der Waals surface area contributed by atoms with Crippen molar-refractivity contribution in [1.82, 2.24) is 4.90 Å². The van der Waals surface area contributed by atoms with E-state index in [1.54, 1.807) is 0 Å². The number of carbonyl (C=O) groups excluding carboxylic acids is 1. The minimum atomic E-state index is -0.119. The summed E-state index contributed by atoms with van der Waals surface area (Å²) in [6.45, 7) is 0. The first-order chi connectivity index (χ1) is 8.59. The predicted octanol–water partition coefficient (Wildman–Crippen LogP) is 2.64. The van der Waals surface area contributed by atoms with Gasteiger partial charge in [-0.1, -0.05) is 6.07 Å². The van der Waals surface area contributed by atoms with Gasteiger partial charge in [0.15, 0.2) is 0 Å². The molecule has 2 N–H and O–H groups in total. The van der Waals surface area contributed by atoms with E-state index >= 15 is 0 Å². The fourth-order valence-corrected chi connectivity index (χ4v) is 4.10. The number of primary amides is 1. The smallest absolute Gasteiger partial charge is 0.220 e. The van der Waals surface area contributed by atoms with E-state index in [9.17, 15) is 4.79 Å². The van der Waals surface area contributed by atoms with Crippen LogP contribution in [0.1, 0.15) is 36.6 Å². The largest absolute Gasteiger partial charge is 0.369 e. The third-order valence-corrected chi connectivity index (χ3v) is 4.95. The summed E-state index contributed by atoms with van der Waals surface area (Å²) in [4.78, 5) is 14.9. The molecule has 1 aromatic heterocycles. The summed E-state index contributed by atoms with van der Waals surface area (Å²) in [5.41, 5.74) is 5.40. The van der Waals surface area contributed by atoms with Crippen molar-refractivity contribution in [2.45, 2.75) is 31.7 Å². The zero-order chi connectivity index (χ0) is 13.1. The van der Waals surface area contributed by atoms with Gasteiger partial charge in [-0.05, 0) is 57.1 Å². The van der Waals surface area contributed by atoms with E-state index in [4.69, 9.17) is 5.73 Å². The number of hydrogen-bond acceptors (Lipinski definition) is 3. The van der Waals surface area contributed by atoms with Crippen LogP contribution in [0.15, 0.2) is 17.5 Å². The summed E-state index contributed by atoms with van der Waals surface area (Å²) in [6, 6.07) is 4.82. The summed E-state index contributed by atoms with van der Waals surface area (Å²) >= 11 is 1.83. The van der Waals surface area contributed by atoms with Crippen LogP contribution in [0.3, 0.4) is 0 Å². The number of hydrogen-bond donors (Lipinski definition) is 1. The van der Waals surface area contributed by atoms with Crippen molar-refractivity contribution in [3.63, 3.8) is 0 Å². The van der Waals surface area contributed by atoms with Gasteiger partial charge in [-0.15, -0.1) is 11.3 Å². The van der Waals surface area contributed by atoms with E-state index in [2.05, 4.69) is 36.5 Å². The highest BCUT2D eigenvalue weighted by atomic mass is 32.1. The van der Waals surface area contributed by atoms with Gasteiger partial charge < -0.3 is 10.6 Å². The van der Waals surface area contributed by atoms with E-state index < -0.39 is 0 Å². The van der Waals surface area contributed by atoms with Crippen LogP contribution >= 0.6 is 11.3 Å². The molecule has 2 rings (SSSR count). The lowest BCUT2D eigenvalue weighted by atomic mass is 9.77. The molecule has 1 fully saturated rings. The van der Waals surface area contributed by atoms with Crippen LogP contribution in [0, 0.1) is 11.8 Å². The Bertz CT molecular complexity index is 381. The van der Waals surface area contributed by atoms with Crippen LogP contribution < -0.4 is 5.73 Å². The van der Waals surface area contributed by atoms with Crippen molar-refractivity contribution < 1.29 is 4.79 Å². The van der Waals surface area contributed by atoms with Crippen LogP contribution in [0.2, 0.25) is 0 Å². The summed E-state index contributed by atoms with van der Waals surface area (Å²) in [7, 11) is 4.29. The first-order valence-electron chi connectivity index (χ1n) is 6.58. The van der Waals surface area contributed by atoms with Gasteiger partial charge in [0.1, 0.15) is 0 Å². The fraction of sp³-hybridized carbons (Fsp3) is 0.643. The van der Waals surface area contributed by atoms with Crippen LogP contribution in [-0.4, -0.2) is 24.9 Å². The van der Waals surface area contributed by atoms with E-state index in [1.165, 1.54) is 4.88 Å². The normalized spacial score (nSPS) is 26.2. The van der Waals surface area contributed by atoms with Crippen LogP contribution in [0.4, 0.5) is 0 Å². The maximum atomic E-state index is 11.2. The summed E-state index contributed by atoms with van der Waals surface area (Å²) in [6.07, 6.45) is 4.12. The number of thiophene rings is 1. The molecule has 1 heterocycles. The number of rotatable bonds is 4. The monoisotopic (exact) mass is 266 g/mol. The van der Waals surface area contributed by atoms with Crippen LogP contribution in [0.25, 0.3) is 0 Å². The molecule has 1 aliphatic carbocycles.